The van der Waals surface area contributed by atoms with Gasteiger partial charge in [0.15, 0.2) is 5.96 Å². The molecular formula is C17H27BrN4. The maximum Gasteiger partial charge on any atom is 0.188 e. The zero-order valence-corrected chi connectivity index (χ0v) is 15.1. The Labute approximate surface area is 142 Å². The number of nitrogens with two attached hydrogens (primary N) is 1. The highest BCUT2D eigenvalue weighted by Crippen LogP contribution is 2.25. The lowest BCUT2D eigenvalue weighted by Crippen LogP contribution is -2.33. The molecule has 2 rings (SSSR count). The van der Waals surface area contributed by atoms with Crippen molar-refractivity contribution in [2.45, 2.75) is 26.7 Å². The Balaban J connectivity index is 1.75. The van der Waals surface area contributed by atoms with E-state index in [1.165, 1.54) is 12.1 Å². The maximum absolute atomic E-state index is 5.92. The number of hydrogen-bond acceptors (Lipinski definition) is 2. The molecule has 0 spiro atoms. The second kappa shape index (κ2) is 8.42. The summed E-state index contributed by atoms with van der Waals surface area (Å²) in [6, 6.07) is 8.52. The summed E-state index contributed by atoms with van der Waals surface area (Å²) in [4.78, 5) is 6.92. The van der Waals surface area contributed by atoms with Crippen molar-refractivity contribution in [1.29, 1.82) is 0 Å². The molecule has 0 amide bonds. The van der Waals surface area contributed by atoms with Crippen LogP contribution in [-0.4, -0.2) is 32.1 Å². The molecule has 3 N–H and O–H groups in total. The predicted octanol–water partition coefficient (Wildman–Crippen LogP) is 3.23. The van der Waals surface area contributed by atoms with Gasteiger partial charge in [0.1, 0.15) is 0 Å². The quantitative estimate of drug-likeness (QED) is 0.600. The normalized spacial score (nSPS) is 19.0. The topological polar surface area (TPSA) is 53.6 Å². The first-order valence-electron chi connectivity index (χ1n) is 8.09. The van der Waals surface area contributed by atoms with Crippen LogP contribution >= 0.6 is 15.9 Å². The van der Waals surface area contributed by atoms with Crippen LogP contribution in [0.5, 0.6) is 0 Å². The molecule has 0 saturated carbocycles. The molecule has 1 aliphatic rings. The van der Waals surface area contributed by atoms with Crippen LogP contribution < -0.4 is 16.0 Å². The van der Waals surface area contributed by atoms with Crippen LogP contribution in [0.15, 0.2) is 33.7 Å². The third kappa shape index (κ3) is 5.52. The highest BCUT2D eigenvalue weighted by atomic mass is 79.9. The fourth-order valence-electron chi connectivity index (χ4n) is 2.64. The van der Waals surface area contributed by atoms with E-state index in [0.717, 1.165) is 37.1 Å². The highest BCUT2D eigenvalue weighted by Gasteiger charge is 2.22. The van der Waals surface area contributed by atoms with Crippen LogP contribution in [0.3, 0.4) is 0 Å². The van der Waals surface area contributed by atoms with Gasteiger partial charge >= 0.3 is 0 Å². The van der Waals surface area contributed by atoms with E-state index in [-0.39, 0.29) is 0 Å². The van der Waals surface area contributed by atoms with E-state index in [1.54, 1.807) is 0 Å². The van der Waals surface area contributed by atoms with Crippen molar-refractivity contribution in [3.8, 4) is 0 Å². The molecule has 1 aromatic carbocycles. The van der Waals surface area contributed by atoms with Crippen LogP contribution in [0.1, 0.15) is 26.7 Å². The van der Waals surface area contributed by atoms with Crippen molar-refractivity contribution in [3.63, 3.8) is 0 Å². The van der Waals surface area contributed by atoms with Crippen LogP contribution in [-0.2, 0) is 0 Å². The Morgan fingerprint density at radius 1 is 1.41 bits per heavy atom. The summed E-state index contributed by atoms with van der Waals surface area (Å²) in [5, 5.41) is 3.20. The van der Waals surface area contributed by atoms with Gasteiger partial charge in [-0.3, -0.25) is 4.99 Å². The van der Waals surface area contributed by atoms with Gasteiger partial charge in [-0.25, -0.2) is 0 Å². The zero-order chi connectivity index (χ0) is 15.9. The lowest BCUT2D eigenvalue weighted by atomic mass is 10.1. The van der Waals surface area contributed by atoms with E-state index < -0.39 is 0 Å². The fourth-order valence-corrected chi connectivity index (χ4v) is 2.90. The van der Waals surface area contributed by atoms with Crippen molar-refractivity contribution in [2.24, 2.45) is 22.6 Å². The number of nitrogens with zero attached hydrogens (tertiary/aromatic N) is 2. The average Bonchev–Trinajstić information content (AvgIpc) is 2.94. The number of rotatable bonds is 6. The van der Waals surface area contributed by atoms with Gasteiger partial charge in [-0.2, -0.15) is 0 Å². The van der Waals surface area contributed by atoms with Gasteiger partial charge in [-0.15, -0.1) is 0 Å². The predicted molar refractivity (Wildman–Crippen MR) is 98.4 cm³/mol. The van der Waals surface area contributed by atoms with Gasteiger partial charge in [0, 0.05) is 36.3 Å². The number of guanidine groups is 1. The van der Waals surface area contributed by atoms with Crippen molar-refractivity contribution in [1.82, 2.24) is 5.32 Å². The molecule has 0 aliphatic carbocycles. The summed E-state index contributed by atoms with van der Waals surface area (Å²) in [6.07, 6.45) is 2.30. The van der Waals surface area contributed by atoms with Gasteiger partial charge in [0.2, 0.25) is 0 Å². The second-order valence-electron chi connectivity index (χ2n) is 6.41. The summed E-state index contributed by atoms with van der Waals surface area (Å²) in [5.41, 5.74) is 7.21. The van der Waals surface area contributed by atoms with E-state index in [4.69, 9.17) is 5.73 Å². The lowest BCUT2D eigenvalue weighted by molar-refractivity contribution is 0.572. The second-order valence-corrected chi connectivity index (χ2v) is 7.33. The molecule has 1 saturated heterocycles. The third-order valence-corrected chi connectivity index (χ3v) is 4.55. The Bertz CT molecular complexity index is 484. The molecule has 1 heterocycles. The average molecular weight is 367 g/mol. The smallest absolute Gasteiger partial charge is 0.188 e. The zero-order valence-electron chi connectivity index (χ0n) is 13.6. The van der Waals surface area contributed by atoms with Crippen LogP contribution in [0.25, 0.3) is 0 Å². The third-order valence-electron chi connectivity index (χ3n) is 4.03. The first-order chi connectivity index (χ1) is 10.5. The van der Waals surface area contributed by atoms with Crippen molar-refractivity contribution in [3.05, 3.63) is 28.7 Å². The van der Waals surface area contributed by atoms with Gasteiger partial charge in [0.05, 0.1) is 0 Å². The van der Waals surface area contributed by atoms with Crippen molar-refractivity contribution < 1.29 is 0 Å². The molecular weight excluding hydrogens is 340 g/mol. The van der Waals surface area contributed by atoms with Crippen LogP contribution in [0.2, 0.25) is 0 Å². The summed E-state index contributed by atoms with van der Waals surface area (Å²) in [5.74, 6) is 1.87. The standard InChI is InChI=1S/C17H27BrN4/c1-13(2)7-9-20-17(19)21-11-14-8-10-22(12-14)16-5-3-15(18)4-6-16/h3-6,13-14H,7-12H2,1-2H3,(H3,19,20,21). The Hall–Kier alpha value is -1.23. The Kier molecular flexibility index (Phi) is 6.55. The number of benzene rings is 1. The number of hydrogen-bond donors (Lipinski definition) is 2. The molecule has 22 heavy (non-hydrogen) atoms. The van der Waals surface area contributed by atoms with Gasteiger partial charge in [-0.05, 0) is 48.9 Å². The molecule has 1 fully saturated rings. The maximum atomic E-state index is 5.92. The lowest BCUT2D eigenvalue weighted by Gasteiger charge is -2.18. The molecule has 122 valence electrons. The van der Waals surface area contributed by atoms with E-state index in [0.29, 0.717) is 17.8 Å². The fraction of sp³-hybridized carbons (Fsp3) is 0.588. The summed E-state index contributed by atoms with van der Waals surface area (Å²) in [6.45, 7) is 8.30. The van der Waals surface area contributed by atoms with E-state index >= 15 is 0 Å². The largest absolute Gasteiger partial charge is 0.371 e. The van der Waals surface area contributed by atoms with Crippen molar-refractivity contribution >= 4 is 27.6 Å². The summed E-state index contributed by atoms with van der Waals surface area (Å²) in [7, 11) is 0. The molecule has 1 aliphatic heterocycles. The first-order valence-corrected chi connectivity index (χ1v) is 8.88. The molecule has 1 atom stereocenters. The van der Waals surface area contributed by atoms with Gasteiger partial charge < -0.3 is 16.0 Å². The minimum absolute atomic E-state index is 0.586. The molecule has 5 heteroatoms. The minimum Gasteiger partial charge on any atom is -0.371 e. The van der Waals surface area contributed by atoms with Gasteiger partial charge in [0.25, 0.3) is 0 Å². The molecule has 1 aromatic rings. The van der Waals surface area contributed by atoms with Gasteiger partial charge in [-0.1, -0.05) is 29.8 Å². The van der Waals surface area contributed by atoms with Crippen molar-refractivity contribution in [2.75, 3.05) is 31.1 Å². The molecule has 0 aromatic heterocycles. The Morgan fingerprint density at radius 2 is 2.14 bits per heavy atom. The number of nitrogens with one attached hydrogen (secondary N) is 1. The molecule has 0 radical (unpaired) electrons. The number of aliphatic imine (C=N–C) groups is 1. The minimum atomic E-state index is 0.586. The highest BCUT2D eigenvalue weighted by molar-refractivity contribution is 9.10. The molecule has 1 unspecified atom stereocenters. The SMILES string of the molecule is CC(C)CCNC(N)=NCC1CCN(c2ccc(Br)cc2)C1. The Morgan fingerprint density at radius 3 is 2.82 bits per heavy atom. The van der Waals surface area contributed by atoms with E-state index in [1.807, 2.05) is 0 Å². The van der Waals surface area contributed by atoms with E-state index in [9.17, 15) is 0 Å². The number of anilines is 1. The summed E-state index contributed by atoms with van der Waals surface area (Å²) < 4.78 is 1.12. The molecule has 4 nitrogen and oxygen atoms in total. The number of halogens is 1. The van der Waals surface area contributed by atoms with Crippen LogP contribution in [0, 0.1) is 11.8 Å². The summed E-state index contributed by atoms with van der Waals surface area (Å²) >= 11 is 3.48. The van der Waals surface area contributed by atoms with Crippen LogP contribution in [0.4, 0.5) is 5.69 Å². The molecule has 0 bridgehead atoms. The monoisotopic (exact) mass is 366 g/mol. The van der Waals surface area contributed by atoms with E-state index in [2.05, 4.69) is 69.3 Å². The first kappa shape index (κ1) is 17.1.